The van der Waals surface area contributed by atoms with Crippen molar-refractivity contribution in [3.8, 4) is 0 Å². The first kappa shape index (κ1) is 13.2. The lowest BCUT2D eigenvalue weighted by atomic mass is 10.0. The fourth-order valence-electron chi connectivity index (χ4n) is 2.56. The summed E-state index contributed by atoms with van der Waals surface area (Å²) in [5, 5.41) is 11.9. The van der Waals surface area contributed by atoms with E-state index in [-0.39, 0.29) is 11.9 Å². The molecule has 2 aromatic heterocycles. The zero-order valence-electron chi connectivity index (χ0n) is 10.8. The predicted octanol–water partition coefficient (Wildman–Crippen LogP) is 1.36. The Bertz CT molecular complexity index is 573. The van der Waals surface area contributed by atoms with Crippen LogP contribution in [0, 0.1) is 0 Å². The molecule has 2 aromatic rings. The summed E-state index contributed by atoms with van der Waals surface area (Å²) in [4.78, 5) is 22.3. The van der Waals surface area contributed by atoms with E-state index in [4.69, 9.17) is 0 Å². The van der Waals surface area contributed by atoms with Crippen molar-refractivity contribution in [1.82, 2.24) is 14.9 Å². The summed E-state index contributed by atoms with van der Waals surface area (Å²) in [5.41, 5.74) is 3.13. The molecule has 1 N–H and O–H groups in total. The van der Waals surface area contributed by atoms with E-state index in [1.54, 1.807) is 28.2 Å². The lowest BCUT2D eigenvalue weighted by Gasteiger charge is -2.25. The van der Waals surface area contributed by atoms with Crippen LogP contribution in [0.2, 0.25) is 0 Å². The average molecular weight is 289 g/mol. The van der Waals surface area contributed by atoms with E-state index < -0.39 is 6.10 Å². The van der Waals surface area contributed by atoms with Gasteiger partial charge in [-0.15, -0.1) is 11.3 Å². The monoisotopic (exact) mass is 289 g/mol. The summed E-state index contributed by atoms with van der Waals surface area (Å²) in [6, 6.07) is 3.63. The number of carbonyl (C=O) groups excluding carboxylic acids is 1. The molecule has 6 heteroatoms. The summed E-state index contributed by atoms with van der Waals surface area (Å²) < 4.78 is 0. The molecule has 104 valence electrons. The molecule has 0 spiro atoms. The molecule has 3 rings (SSSR count). The Labute approximate surface area is 120 Å². The van der Waals surface area contributed by atoms with Crippen molar-refractivity contribution in [2.75, 3.05) is 6.54 Å². The second kappa shape index (κ2) is 5.68. The highest BCUT2D eigenvalue weighted by atomic mass is 32.1. The highest BCUT2D eigenvalue weighted by molar-refractivity contribution is 7.07. The van der Waals surface area contributed by atoms with Gasteiger partial charge in [0, 0.05) is 24.3 Å². The molecule has 1 amide bonds. The van der Waals surface area contributed by atoms with Crippen molar-refractivity contribution in [3.63, 3.8) is 0 Å². The maximum atomic E-state index is 12.4. The molecule has 0 saturated carbocycles. The lowest BCUT2D eigenvalue weighted by Crippen LogP contribution is -2.41. The second-order valence-electron chi connectivity index (χ2n) is 4.86. The van der Waals surface area contributed by atoms with Gasteiger partial charge in [0.05, 0.1) is 17.7 Å². The first-order valence-corrected chi connectivity index (χ1v) is 7.46. The summed E-state index contributed by atoms with van der Waals surface area (Å²) in [7, 11) is 0. The summed E-state index contributed by atoms with van der Waals surface area (Å²) >= 11 is 1.40. The van der Waals surface area contributed by atoms with E-state index in [9.17, 15) is 9.90 Å². The third kappa shape index (κ3) is 2.57. The van der Waals surface area contributed by atoms with Crippen molar-refractivity contribution in [2.45, 2.75) is 25.0 Å². The number of thiazole rings is 1. The van der Waals surface area contributed by atoms with Gasteiger partial charge in [-0.2, -0.15) is 0 Å². The summed E-state index contributed by atoms with van der Waals surface area (Å²) in [5.74, 6) is -0.100. The van der Waals surface area contributed by atoms with Crippen molar-refractivity contribution in [1.29, 1.82) is 0 Å². The van der Waals surface area contributed by atoms with Crippen LogP contribution < -0.4 is 0 Å². The molecule has 0 unspecified atom stereocenters. The van der Waals surface area contributed by atoms with Gasteiger partial charge >= 0.3 is 0 Å². The molecule has 0 radical (unpaired) electrons. The minimum atomic E-state index is -0.488. The zero-order valence-corrected chi connectivity index (χ0v) is 11.7. The Morgan fingerprint density at radius 1 is 1.55 bits per heavy atom. The number of amides is 1. The van der Waals surface area contributed by atoms with Crippen LogP contribution >= 0.6 is 11.3 Å². The third-order valence-corrected chi connectivity index (χ3v) is 4.18. The SMILES string of the molecule is O=C(c1cscn1)N1CC[C@@H](O)[C@H]1Cc1cccnc1. The van der Waals surface area contributed by atoms with Crippen LogP contribution in [0.5, 0.6) is 0 Å². The van der Waals surface area contributed by atoms with Crippen LogP contribution in [0.1, 0.15) is 22.5 Å². The number of carbonyl (C=O) groups is 1. The van der Waals surface area contributed by atoms with Gasteiger partial charge in [-0.05, 0) is 24.5 Å². The normalized spacial score (nSPS) is 22.1. The molecule has 0 aliphatic carbocycles. The minimum Gasteiger partial charge on any atom is -0.391 e. The van der Waals surface area contributed by atoms with Gasteiger partial charge in [-0.25, -0.2) is 4.98 Å². The van der Waals surface area contributed by atoms with Crippen LogP contribution in [-0.2, 0) is 6.42 Å². The van der Waals surface area contributed by atoms with Crippen molar-refractivity contribution in [2.24, 2.45) is 0 Å². The molecule has 1 aliphatic rings. The Morgan fingerprint density at radius 3 is 3.15 bits per heavy atom. The number of nitrogens with zero attached hydrogens (tertiary/aromatic N) is 3. The number of aliphatic hydroxyl groups excluding tert-OH is 1. The smallest absolute Gasteiger partial charge is 0.273 e. The van der Waals surface area contributed by atoms with E-state index in [0.717, 1.165) is 5.56 Å². The van der Waals surface area contributed by atoms with Gasteiger partial charge in [-0.3, -0.25) is 9.78 Å². The van der Waals surface area contributed by atoms with Gasteiger partial charge in [0.15, 0.2) is 0 Å². The van der Waals surface area contributed by atoms with Crippen molar-refractivity contribution in [3.05, 3.63) is 46.7 Å². The molecule has 1 saturated heterocycles. The maximum absolute atomic E-state index is 12.4. The summed E-state index contributed by atoms with van der Waals surface area (Å²) in [6.45, 7) is 0.572. The van der Waals surface area contributed by atoms with Crippen LogP contribution in [0.25, 0.3) is 0 Å². The van der Waals surface area contributed by atoms with Gasteiger partial charge in [0.25, 0.3) is 5.91 Å². The van der Waals surface area contributed by atoms with E-state index in [1.807, 2.05) is 12.1 Å². The third-order valence-electron chi connectivity index (χ3n) is 3.59. The Balaban J connectivity index is 1.78. The molecule has 5 nitrogen and oxygen atoms in total. The summed E-state index contributed by atoms with van der Waals surface area (Å²) in [6.07, 6.45) is 4.23. The van der Waals surface area contributed by atoms with Gasteiger partial charge < -0.3 is 10.0 Å². The standard InChI is InChI=1S/C14H15N3O2S/c18-13-3-5-17(14(19)11-8-20-9-16-11)12(13)6-10-2-1-4-15-7-10/h1-2,4,7-9,12-13,18H,3,5-6H2/t12-,13-/m1/s1. The number of aliphatic hydroxyl groups is 1. The topological polar surface area (TPSA) is 66.3 Å². The van der Waals surface area contributed by atoms with E-state index in [1.165, 1.54) is 11.3 Å². The molecular formula is C14H15N3O2S. The van der Waals surface area contributed by atoms with Crippen LogP contribution in [0.3, 0.4) is 0 Å². The van der Waals surface area contributed by atoms with Crippen LogP contribution in [-0.4, -0.2) is 44.6 Å². The lowest BCUT2D eigenvalue weighted by molar-refractivity contribution is 0.0635. The van der Waals surface area contributed by atoms with Crippen molar-refractivity contribution >= 4 is 17.2 Å². The Morgan fingerprint density at radius 2 is 2.45 bits per heavy atom. The average Bonchev–Trinajstić information content (AvgIpc) is 3.11. The van der Waals surface area contributed by atoms with Gasteiger partial charge in [0.1, 0.15) is 5.69 Å². The highest BCUT2D eigenvalue weighted by Crippen LogP contribution is 2.23. The minimum absolute atomic E-state index is 0.100. The molecule has 20 heavy (non-hydrogen) atoms. The number of hydrogen-bond donors (Lipinski definition) is 1. The van der Waals surface area contributed by atoms with Crippen LogP contribution in [0.15, 0.2) is 35.4 Å². The van der Waals surface area contributed by atoms with E-state index in [0.29, 0.717) is 25.1 Å². The van der Waals surface area contributed by atoms with Crippen molar-refractivity contribution < 1.29 is 9.90 Å². The number of pyridine rings is 1. The van der Waals surface area contributed by atoms with E-state index >= 15 is 0 Å². The van der Waals surface area contributed by atoms with Gasteiger partial charge in [0.2, 0.25) is 0 Å². The first-order valence-electron chi connectivity index (χ1n) is 6.52. The number of likely N-dealkylation sites (tertiary alicyclic amines) is 1. The Hall–Kier alpha value is -1.79. The molecule has 0 bridgehead atoms. The van der Waals surface area contributed by atoms with Gasteiger partial charge in [-0.1, -0.05) is 6.07 Å². The second-order valence-corrected chi connectivity index (χ2v) is 5.58. The number of hydrogen-bond acceptors (Lipinski definition) is 5. The molecule has 1 aliphatic heterocycles. The number of aromatic nitrogens is 2. The number of rotatable bonds is 3. The molecule has 0 aromatic carbocycles. The quantitative estimate of drug-likeness (QED) is 0.926. The van der Waals surface area contributed by atoms with Crippen LogP contribution in [0.4, 0.5) is 0 Å². The molecular weight excluding hydrogens is 274 g/mol. The highest BCUT2D eigenvalue weighted by Gasteiger charge is 2.36. The molecule has 1 fully saturated rings. The fourth-order valence-corrected chi connectivity index (χ4v) is 3.09. The molecule has 2 atom stereocenters. The molecule has 3 heterocycles. The Kier molecular flexibility index (Phi) is 3.75. The zero-order chi connectivity index (χ0) is 13.9. The first-order chi connectivity index (χ1) is 9.75. The maximum Gasteiger partial charge on any atom is 0.273 e. The fraction of sp³-hybridized carbons (Fsp3) is 0.357. The largest absolute Gasteiger partial charge is 0.391 e. The van der Waals surface area contributed by atoms with E-state index in [2.05, 4.69) is 9.97 Å². The predicted molar refractivity (Wildman–Crippen MR) is 75.5 cm³/mol.